The highest BCUT2D eigenvalue weighted by Crippen LogP contribution is 2.47. The van der Waals surface area contributed by atoms with Gasteiger partial charge in [-0.1, -0.05) is 279 Å². The van der Waals surface area contributed by atoms with Gasteiger partial charge in [-0.3, -0.25) is 30.0 Å². The highest BCUT2D eigenvalue weighted by molar-refractivity contribution is 9.09. The van der Waals surface area contributed by atoms with E-state index in [4.69, 9.17) is 39.4 Å². The number of hydrogen-bond acceptors (Lipinski definition) is 16. The molecule has 0 saturated carbocycles. The quantitative estimate of drug-likeness (QED) is 0.0153. The minimum absolute atomic E-state index is 0.0287. The number of fused-ring (bicyclic) bond motifs is 16. The fourth-order valence-corrected chi connectivity index (χ4v) is 16.9. The second-order valence-electron chi connectivity index (χ2n) is 34.4. The first kappa shape index (κ1) is 95.2. The van der Waals surface area contributed by atoms with Gasteiger partial charge in [-0.25, -0.2) is 0 Å². The average molecular weight is 1890 g/mol. The van der Waals surface area contributed by atoms with Gasteiger partial charge < -0.3 is 50.7 Å². The van der Waals surface area contributed by atoms with E-state index in [9.17, 15) is 30.6 Å². The van der Waals surface area contributed by atoms with Crippen LogP contribution in [0.2, 0.25) is 0 Å². The van der Waals surface area contributed by atoms with E-state index in [0.29, 0.717) is 142 Å². The van der Waals surface area contributed by atoms with Crippen LogP contribution >= 0.6 is 15.9 Å². The second kappa shape index (κ2) is 47.3. The maximum absolute atomic E-state index is 12.6. The molecule has 138 heavy (non-hydrogen) atoms. The first-order valence-corrected chi connectivity index (χ1v) is 48.1. The van der Waals surface area contributed by atoms with Crippen LogP contribution in [0.5, 0.6) is 46.0 Å². The fourth-order valence-electron chi connectivity index (χ4n) is 16.9. The Morgan fingerprint density at radius 1 is 0.239 bits per heavy atom. The molecule has 690 valence electrons. The number of ether oxygens (including phenoxy) is 2. The van der Waals surface area contributed by atoms with E-state index in [1.807, 2.05) is 322 Å². The number of aliphatic imine (C=N–C) groups is 6. The molecule has 0 fully saturated rings. The maximum Gasteiger partial charge on any atom is 0.126 e. The summed E-state index contributed by atoms with van der Waals surface area (Å²) in [5, 5.41) is 82.1. The van der Waals surface area contributed by atoms with Crippen LogP contribution in [0.15, 0.2) is 370 Å². The van der Waals surface area contributed by atoms with Crippen molar-refractivity contribution in [3.8, 4) is 46.0 Å². The van der Waals surface area contributed by atoms with E-state index in [1.54, 1.807) is 18.6 Å². The summed E-state index contributed by atoms with van der Waals surface area (Å²) in [4.78, 5) is 29.6. The topological polar surface area (TPSA) is 238 Å². The Balaban J connectivity index is 0.000000193. The van der Waals surface area contributed by atoms with Gasteiger partial charge in [0.2, 0.25) is 0 Å². The van der Waals surface area contributed by atoms with Crippen molar-refractivity contribution in [2.24, 2.45) is 30.0 Å². The van der Waals surface area contributed by atoms with Gasteiger partial charge in [0, 0.05) is 207 Å². The second-order valence-corrected chi connectivity index (χ2v) is 35.2. The Bertz CT molecular complexity index is 6730. The zero-order chi connectivity index (χ0) is 95.3. The maximum atomic E-state index is 12.6. The number of nitrogens with one attached hydrogen (secondary N) is 2. The van der Waals surface area contributed by atoms with Crippen LogP contribution in [0, 0.1) is 0 Å². The molecule has 0 unspecified atom stereocenters. The predicted octanol–water partition coefficient (Wildman–Crippen LogP) is 28.1. The zero-order valence-corrected chi connectivity index (χ0v) is 79.3. The van der Waals surface area contributed by atoms with Crippen LogP contribution in [-0.4, -0.2) is 86.5 Å². The Morgan fingerprint density at radius 3 is 0.587 bits per heavy atom. The number of phenolic OH excluding ortho intramolecular Hbond substituents is 6. The van der Waals surface area contributed by atoms with Crippen molar-refractivity contribution in [1.29, 1.82) is 0 Å². The first-order valence-electron chi connectivity index (χ1n) is 46.9. The molecule has 2 aliphatic carbocycles. The van der Waals surface area contributed by atoms with Crippen molar-refractivity contribution in [2.45, 2.75) is 104 Å². The molecule has 0 aromatic heterocycles. The van der Waals surface area contributed by atoms with Crippen molar-refractivity contribution < 1.29 is 40.1 Å². The summed E-state index contributed by atoms with van der Waals surface area (Å²) in [5.74, 6) is 1.94. The monoisotopic (exact) mass is 1880 g/mol. The van der Waals surface area contributed by atoms with Gasteiger partial charge in [0.15, 0.2) is 0 Å². The summed E-state index contributed by atoms with van der Waals surface area (Å²) < 4.78 is 13.5. The molecule has 0 aliphatic heterocycles. The SMILES string of the molecule is CCCBr.CCCOc1c2cc(N=Cc3ccccc3)cc1Cc1cc(NCc3ccccc3)cc(c1O)Cc1cc(N=Cc3ccccc3)cc(c1OCCC)Cc1cc(N=Cc3ccccc3)cc(c1O)C2.Oc1c2cc(N=Cc3ccccc3)cc1Cc1cc(N=Cc3ccccc3)cc(c1O)Cc1cc(NCc3ccccc3)cc(c1O)Cc1cc(N=Cc3ccccc3)cc(c1O)C2. The lowest BCUT2D eigenvalue weighted by atomic mass is 9.90. The normalized spacial score (nSPS) is 12.3. The van der Waals surface area contributed by atoms with Crippen LogP contribution in [0.3, 0.4) is 0 Å². The van der Waals surface area contributed by atoms with Crippen molar-refractivity contribution in [1.82, 2.24) is 0 Å². The summed E-state index contributed by atoms with van der Waals surface area (Å²) in [5.41, 5.74) is 24.1. The Kier molecular flexibility index (Phi) is 32.6. The molecule has 0 heterocycles. The fraction of sp³-hybridized carbons (Fsp3) is 0.157. The highest BCUT2D eigenvalue weighted by Gasteiger charge is 2.27. The molecule has 2 aliphatic rings. The number of alkyl halides is 1. The van der Waals surface area contributed by atoms with Gasteiger partial charge in [-0.05, 0) is 161 Å². The van der Waals surface area contributed by atoms with E-state index in [0.717, 1.165) is 119 Å². The third-order valence-electron chi connectivity index (χ3n) is 23.8. The number of rotatable bonds is 25. The number of benzene rings is 16. The minimum atomic E-state index is 0.0287. The van der Waals surface area contributed by atoms with Crippen molar-refractivity contribution >= 4 is 98.7 Å². The van der Waals surface area contributed by atoms with E-state index in [-0.39, 0.29) is 60.2 Å². The molecule has 0 radical (unpaired) electrons. The van der Waals surface area contributed by atoms with Crippen LogP contribution in [-0.2, 0) is 64.5 Å². The number of aromatic hydroxyl groups is 6. The first-order chi connectivity index (χ1) is 67.6. The summed E-state index contributed by atoms with van der Waals surface area (Å²) in [6.45, 7) is 8.41. The molecule has 17 heteroatoms. The average Bonchev–Trinajstić information content (AvgIpc) is 0.771. The molecule has 0 spiro atoms. The largest absolute Gasteiger partial charge is 0.507 e. The predicted molar refractivity (Wildman–Crippen MR) is 569 cm³/mol. The summed E-state index contributed by atoms with van der Waals surface area (Å²) in [6, 6.07) is 111. The lowest BCUT2D eigenvalue weighted by Crippen LogP contribution is -2.08. The van der Waals surface area contributed by atoms with Crippen LogP contribution in [0.25, 0.3) is 0 Å². The molecule has 0 atom stereocenters. The summed E-state index contributed by atoms with van der Waals surface area (Å²) in [7, 11) is 0. The van der Waals surface area contributed by atoms with Gasteiger partial charge >= 0.3 is 0 Å². The van der Waals surface area contributed by atoms with Crippen LogP contribution in [0.1, 0.15) is 174 Å². The molecule has 16 nitrogen and oxygen atoms in total. The molecule has 18 rings (SSSR count). The minimum Gasteiger partial charge on any atom is -0.507 e. The van der Waals surface area contributed by atoms with Crippen molar-refractivity contribution in [3.63, 3.8) is 0 Å². The molecule has 16 aromatic rings. The van der Waals surface area contributed by atoms with Crippen molar-refractivity contribution in [3.05, 3.63) is 473 Å². The molecular weight excluding hydrogens is 1770 g/mol. The van der Waals surface area contributed by atoms with Gasteiger partial charge in [-0.2, -0.15) is 0 Å². The summed E-state index contributed by atoms with van der Waals surface area (Å²) >= 11 is 3.25. The number of hydrogen-bond donors (Lipinski definition) is 8. The Labute approximate surface area is 816 Å². The Hall–Kier alpha value is -16.0. The zero-order valence-electron chi connectivity index (χ0n) is 77.7. The summed E-state index contributed by atoms with van der Waals surface area (Å²) in [6.07, 6.45) is 15.6. The third-order valence-corrected chi connectivity index (χ3v) is 24.6. The molecule has 8 N–H and O–H groups in total. The number of anilines is 2. The van der Waals surface area contributed by atoms with Crippen molar-refractivity contribution in [2.75, 3.05) is 29.2 Å². The molecule has 16 aromatic carbocycles. The molecule has 0 amide bonds. The lowest BCUT2D eigenvalue weighted by Gasteiger charge is -2.22. The third kappa shape index (κ3) is 25.7. The highest BCUT2D eigenvalue weighted by atomic mass is 79.9. The smallest absolute Gasteiger partial charge is 0.126 e. The van der Waals surface area contributed by atoms with Crippen LogP contribution in [0.4, 0.5) is 45.5 Å². The van der Waals surface area contributed by atoms with Gasteiger partial charge in [0.05, 0.1) is 47.3 Å². The molecular formula is C121H111BrN8O8. The molecule has 0 saturated heterocycles. The van der Waals surface area contributed by atoms with Gasteiger partial charge in [0.25, 0.3) is 0 Å². The number of halogens is 1. The van der Waals surface area contributed by atoms with Crippen LogP contribution < -0.4 is 20.1 Å². The lowest BCUT2D eigenvalue weighted by molar-refractivity contribution is 0.311. The molecule has 16 bridgehead atoms. The number of phenols is 6. The van der Waals surface area contributed by atoms with Gasteiger partial charge in [0.1, 0.15) is 46.0 Å². The van der Waals surface area contributed by atoms with E-state index in [1.165, 1.54) is 6.42 Å². The number of nitrogens with zero attached hydrogens (tertiary/aromatic N) is 6. The van der Waals surface area contributed by atoms with E-state index >= 15 is 0 Å². The van der Waals surface area contributed by atoms with Gasteiger partial charge in [-0.15, -0.1) is 0 Å². The Morgan fingerprint density at radius 2 is 0.406 bits per heavy atom. The van der Waals surface area contributed by atoms with E-state index in [2.05, 4.69) is 83.7 Å². The van der Waals surface area contributed by atoms with E-state index < -0.39 is 0 Å². The standard InChI is InChI=1S/C62H58N4O4.C56H46N4O4.C3H7Br/c1-3-25-69-61-51-27-47-31-55(63-39-43-17-9-5-10-18-43)33-49(59(47)67)29-53-37-58(66-42-46-23-15-8-16-24-46)38-54(62(53)70-26-4-2)30-50-34-56(64-40-44-19-11-6-12-20-44)32-48(60(50)68)28-52(61)36-57(35-51)65-41-45-21-13-7-14-22-45;61-53-41-21-43-27-50(58-34-38-15-7-2-8-16-38)29-45(54(43)62)23-47-31-52(60-36-40-19-11-4-12-20-40)32-48(56(47)64)24-46-30-51(59-35-39-17-9-3-10-18-39)28-44(55(46)63)22-42(53)26-49(25-41)57-33-37-13-5-1-6-14-37;1-2-3-4/h5-24,31-39,41-42,64,67-68H,3-4,25-30,40H2,1-2H3;1-20,25-35,60-64H,21-24,36H2;2-3H2,1H3.